The molecule has 1 aromatic heterocycles. The van der Waals surface area contributed by atoms with Gasteiger partial charge < -0.3 is 15.4 Å². The number of nitrogens with zero attached hydrogens (tertiary/aromatic N) is 3. The molecule has 1 aromatic rings. The van der Waals surface area contributed by atoms with E-state index in [1.807, 2.05) is 18.0 Å². The molecule has 6 heteroatoms. The standard InChI is InChI=1S/C14H25N5O/c1-3-6-11-16-12(18-15)9-13(17-11)19(2)10-14(20)7-4-5-8-14/h9,20H,3-8,10,15H2,1-2H3,(H,16,17,18). The van der Waals surface area contributed by atoms with E-state index in [1.165, 1.54) is 0 Å². The van der Waals surface area contributed by atoms with Crippen molar-refractivity contribution < 1.29 is 5.11 Å². The molecule has 0 aliphatic heterocycles. The summed E-state index contributed by atoms with van der Waals surface area (Å²) in [6, 6.07) is 1.82. The summed E-state index contributed by atoms with van der Waals surface area (Å²) >= 11 is 0. The molecule has 2 rings (SSSR count). The summed E-state index contributed by atoms with van der Waals surface area (Å²) < 4.78 is 0. The first-order chi connectivity index (χ1) is 9.56. The summed E-state index contributed by atoms with van der Waals surface area (Å²) in [6.07, 6.45) is 5.75. The van der Waals surface area contributed by atoms with E-state index in [4.69, 9.17) is 5.84 Å². The van der Waals surface area contributed by atoms with Crippen LogP contribution < -0.4 is 16.2 Å². The zero-order valence-electron chi connectivity index (χ0n) is 12.4. The number of nitrogens with one attached hydrogen (secondary N) is 1. The van der Waals surface area contributed by atoms with Gasteiger partial charge in [0, 0.05) is 26.1 Å². The van der Waals surface area contributed by atoms with Crippen LogP contribution in [0.5, 0.6) is 0 Å². The van der Waals surface area contributed by atoms with Gasteiger partial charge in [-0.05, 0) is 19.3 Å². The largest absolute Gasteiger partial charge is 0.388 e. The highest BCUT2D eigenvalue weighted by atomic mass is 16.3. The van der Waals surface area contributed by atoms with E-state index in [2.05, 4.69) is 22.3 Å². The summed E-state index contributed by atoms with van der Waals surface area (Å²) in [5.74, 6) is 7.66. The molecular formula is C14H25N5O. The third-order valence-corrected chi connectivity index (χ3v) is 3.84. The molecule has 1 heterocycles. The molecule has 0 radical (unpaired) electrons. The van der Waals surface area contributed by atoms with Crippen molar-refractivity contribution >= 4 is 11.6 Å². The van der Waals surface area contributed by atoms with Gasteiger partial charge in [0.2, 0.25) is 0 Å². The van der Waals surface area contributed by atoms with Crippen molar-refractivity contribution in [2.24, 2.45) is 5.84 Å². The first-order valence-corrected chi connectivity index (χ1v) is 7.34. The van der Waals surface area contributed by atoms with Crippen LogP contribution in [0.15, 0.2) is 6.07 Å². The predicted molar refractivity (Wildman–Crippen MR) is 80.5 cm³/mol. The topological polar surface area (TPSA) is 87.3 Å². The second kappa shape index (κ2) is 6.37. The molecule has 0 atom stereocenters. The number of nitrogens with two attached hydrogens (primary N) is 1. The number of hydrogen-bond donors (Lipinski definition) is 3. The van der Waals surface area contributed by atoms with Crippen LogP contribution in [0.25, 0.3) is 0 Å². The lowest BCUT2D eigenvalue weighted by molar-refractivity contribution is 0.0558. The van der Waals surface area contributed by atoms with Gasteiger partial charge in [-0.3, -0.25) is 0 Å². The lowest BCUT2D eigenvalue weighted by atomic mass is 10.0. The monoisotopic (exact) mass is 279 g/mol. The van der Waals surface area contributed by atoms with Gasteiger partial charge >= 0.3 is 0 Å². The van der Waals surface area contributed by atoms with Gasteiger partial charge in [-0.2, -0.15) is 0 Å². The smallest absolute Gasteiger partial charge is 0.145 e. The molecule has 0 spiro atoms. The molecule has 0 amide bonds. The van der Waals surface area contributed by atoms with Gasteiger partial charge in [0.1, 0.15) is 17.5 Å². The molecule has 20 heavy (non-hydrogen) atoms. The first-order valence-electron chi connectivity index (χ1n) is 7.34. The van der Waals surface area contributed by atoms with Crippen LogP contribution in [0.2, 0.25) is 0 Å². The molecule has 0 bridgehead atoms. The Bertz CT molecular complexity index is 445. The number of likely N-dealkylation sites (N-methyl/N-ethyl adjacent to an activating group) is 1. The van der Waals surface area contributed by atoms with E-state index in [0.717, 1.165) is 50.2 Å². The average Bonchev–Trinajstić information content (AvgIpc) is 2.85. The van der Waals surface area contributed by atoms with Crippen molar-refractivity contribution in [2.75, 3.05) is 23.9 Å². The number of rotatable bonds is 6. The minimum absolute atomic E-state index is 0.582. The molecule has 0 saturated heterocycles. The van der Waals surface area contributed by atoms with Crippen LogP contribution in [0, 0.1) is 0 Å². The Morgan fingerprint density at radius 3 is 2.70 bits per heavy atom. The molecule has 112 valence electrons. The number of anilines is 2. The fraction of sp³-hybridized carbons (Fsp3) is 0.714. The highest BCUT2D eigenvalue weighted by molar-refractivity contribution is 5.48. The van der Waals surface area contributed by atoms with Crippen molar-refractivity contribution in [1.82, 2.24) is 9.97 Å². The van der Waals surface area contributed by atoms with Crippen molar-refractivity contribution in [3.05, 3.63) is 11.9 Å². The normalized spacial score (nSPS) is 17.2. The maximum absolute atomic E-state index is 10.5. The maximum Gasteiger partial charge on any atom is 0.145 e. The molecular weight excluding hydrogens is 254 g/mol. The summed E-state index contributed by atoms with van der Waals surface area (Å²) in [7, 11) is 1.95. The van der Waals surface area contributed by atoms with Gasteiger partial charge in [-0.1, -0.05) is 19.8 Å². The van der Waals surface area contributed by atoms with E-state index in [-0.39, 0.29) is 0 Å². The Kier molecular flexibility index (Phi) is 4.77. The van der Waals surface area contributed by atoms with Gasteiger partial charge in [0.05, 0.1) is 5.60 Å². The van der Waals surface area contributed by atoms with E-state index in [0.29, 0.717) is 12.4 Å². The number of hydrazine groups is 1. The van der Waals surface area contributed by atoms with Crippen LogP contribution in [-0.4, -0.2) is 34.3 Å². The zero-order chi connectivity index (χ0) is 14.6. The van der Waals surface area contributed by atoms with E-state index in [9.17, 15) is 5.11 Å². The number of aryl methyl sites for hydroxylation is 1. The van der Waals surface area contributed by atoms with E-state index < -0.39 is 5.60 Å². The number of aromatic nitrogens is 2. The van der Waals surface area contributed by atoms with Gasteiger partial charge in [-0.25, -0.2) is 15.8 Å². The Labute approximate surface area is 120 Å². The quantitative estimate of drug-likeness (QED) is 0.540. The Hall–Kier alpha value is -1.40. The molecule has 1 aliphatic rings. The third kappa shape index (κ3) is 3.58. The first kappa shape index (κ1) is 15.0. The highest BCUT2D eigenvalue weighted by Crippen LogP contribution is 2.31. The van der Waals surface area contributed by atoms with Gasteiger partial charge in [-0.15, -0.1) is 0 Å². The Balaban J connectivity index is 2.15. The Morgan fingerprint density at radius 1 is 1.40 bits per heavy atom. The minimum atomic E-state index is -0.582. The number of aliphatic hydroxyl groups is 1. The van der Waals surface area contributed by atoms with Crippen LogP contribution >= 0.6 is 0 Å². The molecule has 4 N–H and O–H groups in total. The second-order valence-corrected chi connectivity index (χ2v) is 5.71. The van der Waals surface area contributed by atoms with Gasteiger partial charge in [0.15, 0.2) is 0 Å². The lowest BCUT2D eigenvalue weighted by Crippen LogP contribution is -2.39. The van der Waals surface area contributed by atoms with Crippen LogP contribution in [0.3, 0.4) is 0 Å². The molecule has 1 aliphatic carbocycles. The van der Waals surface area contributed by atoms with Crippen molar-refractivity contribution in [3.63, 3.8) is 0 Å². The fourth-order valence-electron chi connectivity index (χ4n) is 2.80. The van der Waals surface area contributed by atoms with Crippen LogP contribution in [0.4, 0.5) is 11.6 Å². The molecule has 0 unspecified atom stereocenters. The van der Waals surface area contributed by atoms with E-state index >= 15 is 0 Å². The van der Waals surface area contributed by atoms with E-state index in [1.54, 1.807) is 0 Å². The molecule has 1 fully saturated rings. The second-order valence-electron chi connectivity index (χ2n) is 5.71. The summed E-state index contributed by atoms with van der Waals surface area (Å²) in [5.41, 5.74) is 2.00. The Morgan fingerprint density at radius 2 is 2.10 bits per heavy atom. The fourth-order valence-corrected chi connectivity index (χ4v) is 2.80. The highest BCUT2D eigenvalue weighted by Gasteiger charge is 2.32. The molecule has 1 saturated carbocycles. The van der Waals surface area contributed by atoms with Crippen LogP contribution in [0.1, 0.15) is 44.9 Å². The summed E-state index contributed by atoms with van der Waals surface area (Å²) in [4.78, 5) is 10.9. The minimum Gasteiger partial charge on any atom is -0.388 e. The van der Waals surface area contributed by atoms with Crippen molar-refractivity contribution in [2.45, 2.75) is 51.0 Å². The molecule has 0 aromatic carbocycles. The SMILES string of the molecule is CCCc1nc(NN)cc(N(C)CC2(O)CCCC2)n1. The van der Waals surface area contributed by atoms with Crippen molar-refractivity contribution in [1.29, 1.82) is 0 Å². The summed E-state index contributed by atoms with van der Waals surface area (Å²) in [5, 5.41) is 10.5. The zero-order valence-corrected chi connectivity index (χ0v) is 12.4. The predicted octanol–water partition coefficient (Wildman–Crippen LogP) is 1.46. The number of nitrogen functional groups attached to an aromatic ring is 1. The van der Waals surface area contributed by atoms with Crippen molar-refractivity contribution in [3.8, 4) is 0 Å². The summed E-state index contributed by atoms with van der Waals surface area (Å²) in [6.45, 7) is 2.69. The lowest BCUT2D eigenvalue weighted by Gasteiger charge is -2.29. The average molecular weight is 279 g/mol. The third-order valence-electron chi connectivity index (χ3n) is 3.84. The molecule has 6 nitrogen and oxygen atoms in total. The van der Waals surface area contributed by atoms with Crippen LogP contribution in [-0.2, 0) is 6.42 Å². The number of hydrogen-bond acceptors (Lipinski definition) is 6. The maximum atomic E-state index is 10.5. The van der Waals surface area contributed by atoms with Gasteiger partial charge in [0.25, 0.3) is 0 Å².